The van der Waals surface area contributed by atoms with Gasteiger partial charge in [-0.25, -0.2) is 9.59 Å². The van der Waals surface area contributed by atoms with Crippen LogP contribution in [0.1, 0.15) is 46.5 Å². The summed E-state index contributed by atoms with van der Waals surface area (Å²) in [4.78, 5) is 23.3. The van der Waals surface area contributed by atoms with Gasteiger partial charge in [-0.1, -0.05) is 12.8 Å². The summed E-state index contributed by atoms with van der Waals surface area (Å²) in [5, 5.41) is 21.3. The minimum atomic E-state index is -1.64. The van der Waals surface area contributed by atoms with Crippen molar-refractivity contribution in [1.29, 1.82) is 0 Å². The number of aliphatic carboxylic acids is 1. The van der Waals surface area contributed by atoms with Crippen LogP contribution in [0.25, 0.3) is 0 Å². The molecule has 1 saturated carbocycles. The highest BCUT2D eigenvalue weighted by Crippen LogP contribution is 2.34. The second-order valence-electron chi connectivity index (χ2n) is 6.04. The van der Waals surface area contributed by atoms with Crippen LogP contribution in [0.5, 0.6) is 0 Å². The molecule has 1 unspecified atom stereocenters. The summed E-state index contributed by atoms with van der Waals surface area (Å²) in [5.41, 5.74) is -2.35. The van der Waals surface area contributed by atoms with Gasteiger partial charge in [-0.3, -0.25) is 0 Å². The number of aliphatic hydroxyl groups excluding tert-OH is 1. The number of carboxylic acids is 1. The number of alkyl carbamates (subject to hydrolysis) is 1. The van der Waals surface area contributed by atoms with Gasteiger partial charge < -0.3 is 20.3 Å². The number of carboxylic acid groups (broad SMARTS) is 1. The zero-order valence-corrected chi connectivity index (χ0v) is 11.7. The number of aliphatic hydroxyl groups is 1. The van der Waals surface area contributed by atoms with Gasteiger partial charge >= 0.3 is 12.1 Å². The summed E-state index contributed by atoms with van der Waals surface area (Å²) in [7, 11) is 0. The lowest BCUT2D eigenvalue weighted by Gasteiger charge is -2.34. The number of hydrogen-bond acceptors (Lipinski definition) is 4. The predicted molar refractivity (Wildman–Crippen MR) is 68.8 cm³/mol. The predicted octanol–water partition coefficient (Wildman–Crippen LogP) is 1.52. The number of carbonyl (C=O) groups is 2. The summed E-state index contributed by atoms with van der Waals surface area (Å²) in [6.45, 7) is 4.46. The van der Waals surface area contributed by atoms with Crippen molar-refractivity contribution in [3.05, 3.63) is 0 Å². The molecule has 1 aliphatic carbocycles. The summed E-state index contributed by atoms with van der Waals surface area (Å²) >= 11 is 0. The van der Waals surface area contributed by atoms with Crippen molar-refractivity contribution in [2.75, 3.05) is 6.61 Å². The van der Waals surface area contributed by atoms with E-state index in [-0.39, 0.29) is 5.92 Å². The van der Waals surface area contributed by atoms with Gasteiger partial charge in [-0.05, 0) is 39.5 Å². The molecule has 0 radical (unpaired) electrons. The molecule has 1 aliphatic rings. The van der Waals surface area contributed by atoms with Gasteiger partial charge in [-0.2, -0.15) is 0 Å². The van der Waals surface area contributed by atoms with Gasteiger partial charge in [0.05, 0.1) is 6.61 Å². The molecule has 1 atom stereocenters. The van der Waals surface area contributed by atoms with Crippen molar-refractivity contribution in [3.63, 3.8) is 0 Å². The van der Waals surface area contributed by atoms with E-state index >= 15 is 0 Å². The Morgan fingerprint density at radius 3 is 2.16 bits per heavy atom. The highest BCUT2D eigenvalue weighted by molar-refractivity contribution is 5.85. The maximum absolute atomic E-state index is 11.8. The molecule has 110 valence electrons. The van der Waals surface area contributed by atoms with Gasteiger partial charge in [0.15, 0.2) is 5.54 Å². The fourth-order valence-electron chi connectivity index (χ4n) is 2.47. The maximum Gasteiger partial charge on any atom is 0.408 e. The van der Waals surface area contributed by atoms with Gasteiger partial charge in [0.1, 0.15) is 5.60 Å². The van der Waals surface area contributed by atoms with Gasteiger partial charge in [0, 0.05) is 0 Å². The van der Waals surface area contributed by atoms with Crippen LogP contribution in [0, 0.1) is 5.92 Å². The molecule has 0 aromatic heterocycles. The lowest BCUT2D eigenvalue weighted by Crippen LogP contribution is -2.62. The van der Waals surface area contributed by atoms with E-state index < -0.39 is 29.8 Å². The quantitative estimate of drug-likeness (QED) is 0.721. The highest BCUT2D eigenvalue weighted by atomic mass is 16.6. The second kappa shape index (κ2) is 5.77. The molecule has 0 spiro atoms. The average molecular weight is 273 g/mol. The van der Waals surface area contributed by atoms with E-state index in [9.17, 15) is 19.8 Å². The largest absolute Gasteiger partial charge is 0.479 e. The van der Waals surface area contributed by atoms with Crippen LogP contribution < -0.4 is 5.32 Å². The minimum absolute atomic E-state index is 0.262. The van der Waals surface area contributed by atoms with Crippen molar-refractivity contribution >= 4 is 12.1 Å². The molecule has 0 aromatic rings. The number of hydrogen-bond donors (Lipinski definition) is 3. The Morgan fingerprint density at radius 1 is 1.26 bits per heavy atom. The first-order valence-electron chi connectivity index (χ1n) is 6.57. The molecule has 1 amide bonds. The summed E-state index contributed by atoms with van der Waals surface area (Å²) in [6, 6.07) is 0. The molecule has 0 heterocycles. The Morgan fingerprint density at radius 2 is 1.79 bits per heavy atom. The Labute approximate surface area is 113 Å². The molecule has 3 N–H and O–H groups in total. The minimum Gasteiger partial charge on any atom is -0.479 e. The molecule has 0 aliphatic heterocycles. The zero-order chi connectivity index (χ0) is 14.7. The van der Waals surface area contributed by atoms with E-state index in [0.29, 0.717) is 12.8 Å². The van der Waals surface area contributed by atoms with E-state index in [1.807, 2.05) is 0 Å². The molecule has 0 saturated heterocycles. The molecule has 6 nitrogen and oxygen atoms in total. The molecule has 0 aromatic carbocycles. The van der Waals surface area contributed by atoms with E-state index in [1.165, 1.54) is 0 Å². The highest BCUT2D eigenvalue weighted by Gasteiger charge is 2.48. The number of ether oxygens (including phenoxy) is 1. The Bertz CT molecular complexity index is 343. The van der Waals surface area contributed by atoms with Crippen LogP contribution in [0.3, 0.4) is 0 Å². The van der Waals surface area contributed by atoms with Crippen LogP contribution in [0.15, 0.2) is 0 Å². The summed E-state index contributed by atoms with van der Waals surface area (Å²) < 4.78 is 5.08. The lowest BCUT2D eigenvalue weighted by atomic mass is 9.83. The van der Waals surface area contributed by atoms with Crippen molar-refractivity contribution in [3.8, 4) is 0 Å². The monoisotopic (exact) mass is 273 g/mol. The first-order valence-corrected chi connectivity index (χ1v) is 6.57. The Hall–Kier alpha value is -1.30. The van der Waals surface area contributed by atoms with Crippen molar-refractivity contribution < 1.29 is 24.5 Å². The van der Waals surface area contributed by atoms with Gasteiger partial charge in [-0.15, -0.1) is 0 Å². The topological polar surface area (TPSA) is 95.9 Å². The lowest BCUT2D eigenvalue weighted by molar-refractivity contribution is -0.149. The third kappa shape index (κ3) is 3.83. The van der Waals surface area contributed by atoms with Crippen molar-refractivity contribution in [1.82, 2.24) is 5.32 Å². The van der Waals surface area contributed by atoms with Crippen LogP contribution in [0.2, 0.25) is 0 Å². The van der Waals surface area contributed by atoms with Crippen LogP contribution in [-0.2, 0) is 9.53 Å². The molecule has 19 heavy (non-hydrogen) atoms. The third-order valence-corrected chi connectivity index (χ3v) is 3.41. The summed E-state index contributed by atoms with van der Waals surface area (Å²) in [6.07, 6.45) is 2.38. The van der Waals surface area contributed by atoms with Gasteiger partial charge in [0.2, 0.25) is 0 Å². The second-order valence-corrected chi connectivity index (χ2v) is 6.04. The molecule has 1 fully saturated rings. The SMILES string of the molecule is CC(C)(C)OC(=O)NC(CO)(C(=O)O)C1CCCC1. The first-order chi connectivity index (χ1) is 8.71. The Kier molecular flexibility index (Phi) is 4.79. The maximum atomic E-state index is 11.8. The van der Waals surface area contributed by atoms with E-state index in [0.717, 1.165) is 12.8 Å². The van der Waals surface area contributed by atoms with E-state index in [1.54, 1.807) is 20.8 Å². The smallest absolute Gasteiger partial charge is 0.408 e. The Balaban J connectivity index is 2.85. The standard InChI is InChI=1S/C13H23NO5/c1-12(2,3)19-11(18)14-13(8-15,10(16)17)9-6-4-5-7-9/h9,15H,4-8H2,1-3H3,(H,14,18)(H,16,17). The first kappa shape index (κ1) is 15.8. The number of carbonyl (C=O) groups excluding carboxylic acids is 1. The molecular formula is C13H23NO5. The van der Waals surface area contributed by atoms with Crippen molar-refractivity contribution in [2.45, 2.75) is 57.6 Å². The van der Waals surface area contributed by atoms with Crippen LogP contribution >= 0.6 is 0 Å². The summed E-state index contributed by atoms with van der Waals surface area (Å²) in [5.74, 6) is -1.48. The van der Waals surface area contributed by atoms with Crippen LogP contribution in [-0.4, -0.2) is 40.0 Å². The number of rotatable bonds is 4. The molecule has 6 heteroatoms. The fraction of sp³-hybridized carbons (Fsp3) is 0.846. The normalized spacial score (nSPS) is 19.8. The number of amides is 1. The third-order valence-electron chi connectivity index (χ3n) is 3.41. The zero-order valence-electron chi connectivity index (χ0n) is 11.7. The van der Waals surface area contributed by atoms with E-state index in [4.69, 9.17) is 4.74 Å². The van der Waals surface area contributed by atoms with Crippen molar-refractivity contribution in [2.24, 2.45) is 5.92 Å². The number of nitrogens with one attached hydrogen (secondary N) is 1. The van der Waals surface area contributed by atoms with Crippen LogP contribution in [0.4, 0.5) is 4.79 Å². The molecular weight excluding hydrogens is 250 g/mol. The van der Waals surface area contributed by atoms with E-state index in [2.05, 4.69) is 5.32 Å². The average Bonchev–Trinajstić information content (AvgIpc) is 2.76. The van der Waals surface area contributed by atoms with Gasteiger partial charge in [0.25, 0.3) is 0 Å². The molecule has 0 bridgehead atoms. The fourth-order valence-corrected chi connectivity index (χ4v) is 2.47. The molecule has 1 rings (SSSR count).